The van der Waals surface area contributed by atoms with Crippen molar-refractivity contribution in [3.05, 3.63) is 65.4 Å². The molecule has 5 heterocycles. The zero-order chi connectivity index (χ0) is 29.1. The number of para-hydroxylation sites is 1. The SMILES string of the molecule is Nc1c(-c2ccccc2)cccc1-c1c(Cl)cc2c(N3CC4CCC(C3)N4)nc(OCC34CCCN3CCC4)nc2c1F. The van der Waals surface area contributed by atoms with Gasteiger partial charge in [-0.2, -0.15) is 9.97 Å². The fraction of sp³-hybridized carbons (Fsp3) is 0.412. The van der Waals surface area contributed by atoms with Crippen molar-refractivity contribution >= 4 is 34.0 Å². The van der Waals surface area contributed by atoms with Crippen LogP contribution in [0.25, 0.3) is 33.2 Å². The maximum Gasteiger partial charge on any atom is 0.319 e. The molecular formula is C34H36ClFN6O. The van der Waals surface area contributed by atoms with E-state index in [0.717, 1.165) is 63.0 Å². The van der Waals surface area contributed by atoms with E-state index in [1.807, 2.05) is 48.5 Å². The van der Waals surface area contributed by atoms with E-state index in [1.165, 1.54) is 12.8 Å². The number of nitrogens with two attached hydrogens (primary N) is 1. The summed E-state index contributed by atoms with van der Waals surface area (Å²) in [5.74, 6) is 0.177. The monoisotopic (exact) mass is 598 g/mol. The zero-order valence-electron chi connectivity index (χ0n) is 24.2. The summed E-state index contributed by atoms with van der Waals surface area (Å²) >= 11 is 6.92. The largest absolute Gasteiger partial charge is 0.461 e. The number of nitrogens with zero attached hydrogens (tertiary/aromatic N) is 4. The van der Waals surface area contributed by atoms with Crippen molar-refractivity contribution in [2.45, 2.75) is 56.1 Å². The Bertz CT molecular complexity index is 1680. The number of nitrogens with one attached hydrogen (secondary N) is 1. The predicted molar refractivity (Wildman–Crippen MR) is 170 cm³/mol. The van der Waals surface area contributed by atoms with Crippen LogP contribution in [0.3, 0.4) is 0 Å². The van der Waals surface area contributed by atoms with Gasteiger partial charge < -0.3 is 20.7 Å². The minimum Gasteiger partial charge on any atom is -0.461 e. The van der Waals surface area contributed by atoms with Gasteiger partial charge in [-0.1, -0.05) is 60.1 Å². The van der Waals surface area contributed by atoms with Crippen molar-refractivity contribution in [3.8, 4) is 28.3 Å². The molecule has 2 unspecified atom stereocenters. The van der Waals surface area contributed by atoms with Crippen LogP contribution in [-0.4, -0.2) is 65.3 Å². The molecule has 7 nitrogen and oxygen atoms in total. The molecule has 4 aromatic rings. The van der Waals surface area contributed by atoms with Gasteiger partial charge in [-0.25, -0.2) is 4.39 Å². The second-order valence-electron chi connectivity index (χ2n) is 12.7. The molecule has 4 aliphatic rings. The molecule has 2 bridgehead atoms. The number of benzene rings is 3. The first-order chi connectivity index (χ1) is 21.0. The molecule has 0 aliphatic carbocycles. The van der Waals surface area contributed by atoms with Crippen LogP contribution in [-0.2, 0) is 0 Å². The first kappa shape index (κ1) is 27.1. The topological polar surface area (TPSA) is 79.5 Å². The quantitative estimate of drug-likeness (QED) is 0.253. The highest BCUT2D eigenvalue weighted by molar-refractivity contribution is 6.34. The maximum atomic E-state index is 16.9. The molecule has 4 fully saturated rings. The number of ether oxygens (including phenoxy) is 1. The van der Waals surface area contributed by atoms with Crippen LogP contribution in [0, 0.1) is 5.82 Å². The number of piperazine rings is 1. The summed E-state index contributed by atoms with van der Waals surface area (Å²) < 4.78 is 23.3. The molecule has 0 spiro atoms. The van der Waals surface area contributed by atoms with Crippen LogP contribution in [0.15, 0.2) is 54.6 Å². The van der Waals surface area contributed by atoms with Gasteiger partial charge in [-0.15, -0.1) is 0 Å². The minimum absolute atomic E-state index is 0.0304. The number of rotatable bonds is 6. The van der Waals surface area contributed by atoms with Crippen LogP contribution in [0.4, 0.5) is 15.9 Å². The third-order valence-electron chi connectivity index (χ3n) is 10.1. The first-order valence-electron chi connectivity index (χ1n) is 15.5. The van der Waals surface area contributed by atoms with Gasteiger partial charge in [0.05, 0.1) is 10.6 Å². The Morgan fingerprint density at radius 2 is 1.70 bits per heavy atom. The molecule has 43 heavy (non-hydrogen) atoms. The molecule has 8 rings (SSSR count). The zero-order valence-corrected chi connectivity index (χ0v) is 24.9. The molecule has 2 atom stereocenters. The summed E-state index contributed by atoms with van der Waals surface area (Å²) in [6, 6.07) is 18.3. The molecule has 3 aromatic carbocycles. The van der Waals surface area contributed by atoms with Gasteiger partial charge in [0.1, 0.15) is 17.9 Å². The number of hydrogen-bond donors (Lipinski definition) is 2. The molecule has 0 amide bonds. The Labute approximate surface area is 256 Å². The summed E-state index contributed by atoms with van der Waals surface area (Å²) in [7, 11) is 0. The third kappa shape index (κ3) is 4.62. The molecule has 4 aliphatic heterocycles. The Kier molecular flexibility index (Phi) is 6.69. The van der Waals surface area contributed by atoms with E-state index in [9.17, 15) is 0 Å². The molecule has 0 radical (unpaired) electrons. The molecule has 1 aromatic heterocycles. The van der Waals surface area contributed by atoms with Gasteiger partial charge in [0.15, 0.2) is 5.82 Å². The second-order valence-corrected chi connectivity index (χ2v) is 13.1. The normalized spacial score (nSPS) is 22.8. The van der Waals surface area contributed by atoms with E-state index in [0.29, 0.717) is 41.1 Å². The Morgan fingerprint density at radius 3 is 2.44 bits per heavy atom. The van der Waals surface area contributed by atoms with E-state index in [1.54, 1.807) is 6.07 Å². The average molecular weight is 599 g/mol. The van der Waals surface area contributed by atoms with Crippen molar-refractivity contribution < 1.29 is 9.13 Å². The van der Waals surface area contributed by atoms with Gasteiger partial charge in [0.2, 0.25) is 0 Å². The Hall–Kier alpha value is -3.46. The van der Waals surface area contributed by atoms with E-state index in [2.05, 4.69) is 15.1 Å². The number of fused-ring (bicyclic) bond motifs is 4. The number of aromatic nitrogens is 2. The highest BCUT2D eigenvalue weighted by atomic mass is 35.5. The summed E-state index contributed by atoms with van der Waals surface area (Å²) in [5, 5.41) is 4.56. The molecule has 222 valence electrons. The van der Waals surface area contributed by atoms with Crippen LogP contribution < -0.4 is 20.7 Å². The molecule has 9 heteroatoms. The standard InChI is InChI=1S/C34H36ClFN6O/c35-27-17-26-31(29(36)28(27)25-10-4-9-24(30(25)37)21-7-2-1-3-8-21)39-33(43-20-34-13-5-15-42(34)16-6-14-34)40-32(26)41-18-22-11-12-23(19-41)38-22/h1-4,7-10,17,22-23,38H,5-6,11-16,18-20,37H2. The lowest BCUT2D eigenvalue weighted by Crippen LogP contribution is -2.51. The molecular weight excluding hydrogens is 563 g/mol. The first-order valence-corrected chi connectivity index (χ1v) is 15.9. The average Bonchev–Trinajstić information content (AvgIpc) is 3.71. The van der Waals surface area contributed by atoms with E-state index in [4.69, 9.17) is 32.0 Å². The number of anilines is 2. The van der Waals surface area contributed by atoms with E-state index >= 15 is 4.39 Å². The molecule has 0 saturated carbocycles. The lowest BCUT2D eigenvalue weighted by Gasteiger charge is -2.35. The van der Waals surface area contributed by atoms with Gasteiger partial charge in [0.25, 0.3) is 0 Å². The van der Waals surface area contributed by atoms with Crippen LogP contribution in [0.1, 0.15) is 38.5 Å². The predicted octanol–water partition coefficient (Wildman–Crippen LogP) is 6.29. The summed E-state index contributed by atoms with van der Waals surface area (Å²) in [6.07, 6.45) is 6.83. The minimum atomic E-state index is -0.507. The van der Waals surface area contributed by atoms with Crippen molar-refractivity contribution in [2.24, 2.45) is 0 Å². The molecule has 3 N–H and O–H groups in total. The summed E-state index contributed by atoms with van der Waals surface area (Å²) in [4.78, 5) is 14.5. The van der Waals surface area contributed by atoms with Crippen LogP contribution in [0.5, 0.6) is 6.01 Å². The van der Waals surface area contributed by atoms with Crippen molar-refractivity contribution in [1.82, 2.24) is 20.2 Å². The van der Waals surface area contributed by atoms with E-state index in [-0.39, 0.29) is 27.7 Å². The maximum absolute atomic E-state index is 16.9. The number of hydrogen-bond acceptors (Lipinski definition) is 7. The van der Waals surface area contributed by atoms with Gasteiger partial charge >= 0.3 is 6.01 Å². The third-order valence-corrected chi connectivity index (χ3v) is 10.4. The smallest absolute Gasteiger partial charge is 0.319 e. The summed E-state index contributed by atoms with van der Waals surface area (Å²) in [5.41, 5.74) is 10.00. The number of nitrogen functional groups attached to an aromatic ring is 1. The van der Waals surface area contributed by atoms with E-state index < -0.39 is 5.82 Å². The molecule has 4 saturated heterocycles. The highest BCUT2D eigenvalue weighted by Gasteiger charge is 2.45. The van der Waals surface area contributed by atoms with Crippen molar-refractivity contribution in [3.63, 3.8) is 0 Å². The van der Waals surface area contributed by atoms with Gasteiger partial charge in [-0.05, 0) is 63.2 Å². The van der Waals surface area contributed by atoms with Gasteiger partial charge in [-0.3, -0.25) is 4.90 Å². The Balaban J connectivity index is 1.25. The number of halogens is 2. The van der Waals surface area contributed by atoms with Crippen LogP contribution >= 0.6 is 11.6 Å². The highest BCUT2D eigenvalue weighted by Crippen LogP contribution is 2.44. The fourth-order valence-corrected chi connectivity index (χ4v) is 8.29. The lowest BCUT2D eigenvalue weighted by molar-refractivity contribution is 0.108. The van der Waals surface area contributed by atoms with Crippen molar-refractivity contribution in [1.29, 1.82) is 0 Å². The summed E-state index contributed by atoms with van der Waals surface area (Å²) in [6.45, 7) is 4.33. The lowest BCUT2D eigenvalue weighted by atomic mass is 9.95. The Morgan fingerprint density at radius 1 is 0.977 bits per heavy atom. The fourth-order valence-electron chi connectivity index (χ4n) is 7.99. The van der Waals surface area contributed by atoms with Gasteiger partial charge in [0, 0.05) is 52.9 Å². The van der Waals surface area contributed by atoms with Crippen molar-refractivity contribution in [2.75, 3.05) is 43.4 Å². The second kappa shape index (κ2) is 10.6. The van der Waals surface area contributed by atoms with Crippen LogP contribution in [0.2, 0.25) is 5.02 Å².